The third-order valence-corrected chi connectivity index (χ3v) is 11.6. The molecule has 2 heterocycles. The molecule has 0 bridgehead atoms. The maximum absolute atomic E-state index is 5.39. The largest absolute Gasteiger partial charge is 0.480 e. The van der Waals surface area contributed by atoms with Crippen molar-refractivity contribution in [3.05, 3.63) is 18.6 Å². The fourth-order valence-electron chi connectivity index (χ4n) is 4.24. The van der Waals surface area contributed by atoms with Crippen LogP contribution in [-0.4, -0.2) is 29.5 Å². The van der Waals surface area contributed by atoms with Crippen LogP contribution in [0.1, 0.15) is 41.5 Å². The number of rotatable bonds is 5. The Morgan fingerprint density at radius 2 is 1.57 bits per heavy atom. The normalized spacial score (nSPS) is 12.9. The van der Waals surface area contributed by atoms with Crippen molar-refractivity contribution in [2.75, 3.05) is 7.11 Å². The summed E-state index contributed by atoms with van der Waals surface area (Å²) in [5.41, 5.74) is 2.92. The highest BCUT2D eigenvalue weighted by molar-refractivity contribution is 6.82. The highest BCUT2D eigenvalue weighted by Gasteiger charge is 2.46. The van der Waals surface area contributed by atoms with Gasteiger partial charge in [-0.15, -0.1) is 0 Å². The van der Waals surface area contributed by atoms with Crippen molar-refractivity contribution in [2.45, 2.75) is 58.2 Å². The van der Waals surface area contributed by atoms with Crippen molar-refractivity contribution >= 4 is 19.3 Å². The van der Waals surface area contributed by atoms with Gasteiger partial charge in [0.2, 0.25) is 5.88 Å². The van der Waals surface area contributed by atoms with Gasteiger partial charge in [0.1, 0.15) is 12.0 Å². The Balaban J connectivity index is 2.78. The molecule has 0 saturated heterocycles. The van der Waals surface area contributed by atoms with E-state index in [1.165, 1.54) is 0 Å². The molecule has 4 nitrogen and oxygen atoms in total. The zero-order valence-corrected chi connectivity index (χ0v) is 15.2. The van der Waals surface area contributed by atoms with Crippen LogP contribution in [0.4, 0.5) is 0 Å². The van der Waals surface area contributed by atoms with Crippen molar-refractivity contribution < 1.29 is 4.74 Å². The van der Waals surface area contributed by atoms with Gasteiger partial charge in [0.15, 0.2) is 8.24 Å². The minimum Gasteiger partial charge on any atom is -0.480 e. The Morgan fingerprint density at radius 1 is 1.00 bits per heavy atom. The van der Waals surface area contributed by atoms with E-state index in [0.717, 1.165) is 11.0 Å². The molecule has 2 aromatic rings. The van der Waals surface area contributed by atoms with E-state index >= 15 is 0 Å². The maximum atomic E-state index is 5.39. The van der Waals surface area contributed by atoms with Crippen molar-refractivity contribution in [3.8, 4) is 5.88 Å². The summed E-state index contributed by atoms with van der Waals surface area (Å²) in [5, 5.41) is 1.01. The Labute approximate surface area is 128 Å². The molecule has 0 spiro atoms. The van der Waals surface area contributed by atoms with Crippen LogP contribution in [0.15, 0.2) is 18.6 Å². The maximum Gasteiger partial charge on any atom is 0.225 e. The van der Waals surface area contributed by atoms with Crippen LogP contribution in [0.3, 0.4) is 0 Å². The Hall–Kier alpha value is -1.36. The van der Waals surface area contributed by atoms with E-state index in [0.29, 0.717) is 22.5 Å². The van der Waals surface area contributed by atoms with Crippen molar-refractivity contribution in [3.63, 3.8) is 0 Å². The smallest absolute Gasteiger partial charge is 0.225 e. The van der Waals surface area contributed by atoms with E-state index in [-0.39, 0.29) is 0 Å². The molecular weight excluding hydrogens is 278 g/mol. The van der Waals surface area contributed by atoms with Gasteiger partial charge in [-0.1, -0.05) is 41.5 Å². The lowest BCUT2D eigenvalue weighted by Crippen LogP contribution is -2.51. The minimum atomic E-state index is -1.78. The third kappa shape index (κ3) is 2.27. The standard InChI is InChI=1S/C16H27N3OSi/c1-11(2)21(12(3)4,13(5)6)19-9-8-14-15(19)17-10-18-16(14)20-7/h8-13H,1-7H3. The number of ether oxygens (including phenoxy) is 1. The molecule has 0 atom stereocenters. The monoisotopic (exact) mass is 305 g/mol. The summed E-state index contributed by atoms with van der Waals surface area (Å²) in [5.74, 6) is 0.665. The quantitative estimate of drug-likeness (QED) is 0.765. The van der Waals surface area contributed by atoms with E-state index in [1.807, 2.05) is 0 Å². The van der Waals surface area contributed by atoms with Gasteiger partial charge in [0, 0.05) is 0 Å². The Bertz CT molecular complexity index is 597. The number of fused-ring (bicyclic) bond motifs is 1. The van der Waals surface area contributed by atoms with Crippen LogP contribution in [0.2, 0.25) is 16.6 Å². The number of hydrogen-bond donors (Lipinski definition) is 0. The molecule has 5 heteroatoms. The lowest BCUT2D eigenvalue weighted by molar-refractivity contribution is 0.402. The Kier molecular flexibility index (Phi) is 4.42. The number of aromatic nitrogens is 3. The number of methoxy groups -OCH3 is 1. The van der Waals surface area contributed by atoms with Crippen LogP contribution in [0.25, 0.3) is 11.0 Å². The Morgan fingerprint density at radius 3 is 2.05 bits per heavy atom. The molecular formula is C16H27N3OSi. The molecule has 0 amide bonds. The summed E-state index contributed by atoms with van der Waals surface area (Å²) < 4.78 is 7.86. The van der Waals surface area contributed by atoms with Crippen LogP contribution in [0, 0.1) is 0 Å². The second kappa shape index (κ2) is 5.79. The van der Waals surface area contributed by atoms with E-state index in [2.05, 4.69) is 68.0 Å². The van der Waals surface area contributed by atoms with E-state index in [4.69, 9.17) is 4.74 Å². The molecule has 21 heavy (non-hydrogen) atoms. The zero-order valence-electron chi connectivity index (χ0n) is 14.2. The minimum absolute atomic E-state index is 0.633. The molecule has 2 rings (SSSR count). The SMILES string of the molecule is COc1ncnc2c1ccn2[Si](C(C)C)(C(C)C)C(C)C. The predicted octanol–water partition coefficient (Wildman–Crippen LogP) is 4.46. The van der Waals surface area contributed by atoms with Gasteiger partial charge >= 0.3 is 0 Å². The van der Waals surface area contributed by atoms with Gasteiger partial charge < -0.3 is 8.97 Å². The summed E-state index contributed by atoms with van der Waals surface area (Å²) in [7, 11) is -0.117. The summed E-state index contributed by atoms with van der Waals surface area (Å²) in [6, 6.07) is 2.10. The molecule has 0 fully saturated rings. The molecule has 0 unspecified atom stereocenters. The molecule has 2 aromatic heterocycles. The first-order chi connectivity index (χ1) is 9.87. The first-order valence-corrected chi connectivity index (χ1v) is 9.91. The first kappa shape index (κ1) is 16.0. The molecule has 0 saturated carbocycles. The lowest BCUT2D eigenvalue weighted by atomic mass is 10.4. The van der Waals surface area contributed by atoms with Gasteiger partial charge in [0.25, 0.3) is 0 Å². The summed E-state index contributed by atoms with van der Waals surface area (Å²) in [4.78, 5) is 8.79. The molecule has 0 aliphatic rings. The van der Waals surface area contributed by atoms with E-state index in [9.17, 15) is 0 Å². The molecule has 0 aliphatic carbocycles. The lowest BCUT2D eigenvalue weighted by Gasteiger charge is -2.44. The van der Waals surface area contributed by atoms with Gasteiger partial charge in [-0.25, -0.2) is 9.97 Å². The summed E-state index contributed by atoms with van der Waals surface area (Å²) in [6.45, 7) is 14.1. The molecule has 116 valence electrons. The number of nitrogens with zero attached hydrogens (tertiary/aromatic N) is 3. The van der Waals surface area contributed by atoms with Crippen LogP contribution < -0.4 is 4.74 Å². The molecule has 0 aromatic carbocycles. The van der Waals surface area contributed by atoms with Gasteiger partial charge in [-0.3, -0.25) is 0 Å². The average Bonchev–Trinajstić information content (AvgIpc) is 2.82. The molecule has 0 radical (unpaired) electrons. The van der Waals surface area contributed by atoms with Crippen molar-refractivity contribution in [1.82, 2.24) is 14.2 Å². The van der Waals surface area contributed by atoms with Gasteiger partial charge in [0.05, 0.1) is 12.5 Å². The van der Waals surface area contributed by atoms with Crippen molar-refractivity contribution in [1.29, 1.82) is 0 Å². The van der Waals surface area contributed by atoms with Crippen LogP contribution in [0.5, 0.6) is 5.88 Å². The third-order valence-electron chi connectivity index (χ3n) is 4.83. The van der Waals surface area contributed by atoms with Crippen LogP contribution >= 0.6 is 0 Å². The first-order valence-electron chi connectivity index (χ1n) is 7.73. The second-order valence-electron chi connectivity index (χ2n) is 6.66. The van der Waals surface area contributed by atoms with Crippen molar-refractivity contribution in [2.24, 2.45) is 0 Å². The predicted molar refractivity (Wildman–Crippen MR) is 90.5 cm³/mol. The zero-order chi connectivity index (χ0) is 15.8. The second-order valence-corrected chi connectivity index (χ2v) is 12.4. The highest BCUT2D eigenvalue weighted by atomic mass is 28.3. The topological polar surface area (TPSA) is 39.9 Å². The molecule has 0 N–H and O–H groups in total. The van der Waals surface area contributed by atoms with Gasteiger partial charge in [-0.05, 0) is 28.9 Å². The number of hydrogen-bond acceptors (Lipinski definition) is 3. The van der Waals surface area contributed by atoms with E-state index in [1.54, 1.807) is 13.4 Å². The van der Waals surface area contributed by atoms with E-state index < -0.39 is 8.24 Å². The average molecular weight is 305 g/mol. The molecule has 0 aliphatic heterocycles. The summed E-state index contributed by atoms with van der Waals surface area (Å²) >= 11 is 0. The van der Waals surface area contributed by atoms with Crippen LogP contribution in [-0.2, 0) is 0 Å². The fourth-order valence-corrected chi connectivity index (χ4v) is 10.8. The van der Waals surface area contributed by atoms with Gasteiger partial charge in [-0.2, -0.15) is 0 Å². The highest BCUT2D eigenvalue weighted by Crippen LogP contribution is 2.44. The fraction of sp³-hybridized carbons (Fsp3) is 0.625. The summed E-state index contributed by atoms with van der Waals surface area (Å²) in [6.07, 6.45) is 3.81.